The van der Waals surface area contributed by atoms with E-state index in [1.165, 1.54) is 0 Å². The summed E-state index contributed by atoms with van der Waals surface area (Å²) in [5, 5.41) is 37.3. The Morgan fingerprint density at radius 3 is 0.889 bits per heavy atom. The Balaban J connectivity index is 1.26. The van der Waals surface area contributed by atoms with E-state index in [0.29, 0.717) is 25.7 Å². The van der Waals surface area contributed by atoms with Crippen LogP contribution in [0.3, 0.4) is 0 Å². The lowest BCUT2D eigenvalue weighted by molar-refractivity contribution is 0.296. The van der Waals surface area contributed by atoms with Gasteiger partial charge < -0.3 is 19.7 Å². The van der Waals surface area contributed by atoms with Crippen LogP contribution in [0.5, 0.6) is 23.0 Å². The number of fused-ring (bicyclic) bond motifs is 8. The molecular formula is C60H68N4O4S4. The largest absolute Gasteiger partial charge is 0.507 e. The van der Waals surface area contributed by atoms with Gasteiger partial charge in [-0.15, -0.1) is 45.3 Å². The third kappa shape index (κ3) is 11.2. The fraction of sp³-hybridized carbons (Fsp3) is 0.400. The molecule has 8 bridgehead atoms. The Bertz CT molecular complexity index is 2990. The quantitative estimate of drug-likeness (QED) is 0.155. The predicted molar refractivity (Wildman–Crippen MR) is 300 cm³/mol. The summed E-state index contributed by atoms with van der Waals surface area (Å²) < 4.78 is 14.1. The molecule has 72 heavy (non-hydrogen) atoms. The summed E-state index contributed by atoms with van der Waals surface area (Å²) in [5.41, 5.74) is 14.4. The number of ether oxygens (including phenoxy) is 2. The summed E-state index contributed by atoms with van der Waals surface area (Å²) in [6, 6.07) is 17.8. The maximum absolute atomic E-state index is 12.8. The Hall–Kier alpha value is -5.40. The minimum absolute atomic E-state index is 0.219. The summed E-state index contributed by atoms with van der Waals surface area (Å²) >= 11 is 6.34. The van der Waals surface area contributed by atoms with E-state index in [1.54, 1.807) is 45.3 Å². The third-order valence-electron chi connectivity index (χ3n) is 13.4. The normalized spacial score (nSPS) is 13.4. The number of hydrogen-bond donors (Lipinski definition) is 2. The molecule has 4 heterocycles. The zero-order chi connectivity index (χ0) is 51.7. The number of aryl methyl sites for hydroxylation is 2. The molecule has 2 N–H and O–H groups in total. The van der Waals surface area contributed by atoms with Crippen LogP contribution in [0.2, 0.25) is 0 Å². The Morgan fingerprint density at radius 1 is 0.389 bits per heavy atom. The van der Waals surface area contributed by atoms with E-state index < -0.39 is 0 Å². The highest BCUT2D eigenvalue weighted by atomic mass is 32.1. The van der Waals surface area contributed by atoms with Gasteiger partial charge in [-0.2, -0.15) is 0 Å². The van der Waals surface area contributed by atoms with E-state index in [-0.39, 0.29) is 46.4 Å². The number of nitrogens with zero attached hydrogens (tertiary/aromatic N) is 4. The van der Waals surface area contributed by atoms with Gasteiger partial charge in [0.2, 0.25) is 0 Å². The SMILES string of the molecule is Cc1csc(-c2nc(COc3c4cc(C(C)(C)C)cc3Cc3cc(C(C)(C)C)cc(c3O)Cc3cc(C(C)(C)C)cc(c3OCc3csc(-c5nc(C)cs5)n3)Cc3cc(C(C)(C)C)cc(c3O)C4)cs2)n1. The van der Waals surface area contributed by atoms with Crippen LogP contribution < -0.4 is 9.47 Å². The van der Waals surface area contributed by atoms with Gasteiger partial charge in [0.1, 0.15) is 36.2 Å². The van der Waals surface area contributed by atoms with Crippen LogP contribution in [0.4, 0.5) is 0 Å². The maximum Gasteiger partial charge on any atom is 0.152 e. The number of phenolic OH excluding ortho intramolecular Hbond substituents is 2. The average Bonchev–Trinajstić information content (AvgIpc) is 4.12. The van der Waals surface area contributed by atoms with Crippen molar-refractivity contribution in [2.45, 2.75) is 157 Å². The van der Waals surface area contributed by atoms with Crippen molar-refractivity contribution in [3.05, 3.63) is 160 Å². The predicted octanol–water partition coefficient (Wildman–Crippen LogP) is 15.9. The molecular weight excluding hydrogens is 969 g/mol. The van der Waals surface area contributed by atoms with Crippen LogP contribution in [0.1, 0.15) is 173 Å². The van der Waals surface area contributed by atoms with Crippen LogP contribution in [0.25, 0.3) is 20.0 Å². The van der Waals surface area contributed by atoms with Crippen LogP contribution >= 0.6 is 45.3 Å². The highest BCUT2D eigenvalue weighted by molar-refractivity contribution is 7.20. The van der Waals surface area contributed by atoms with Gasteiger partial charge in [0.05, 0.1) is 11.4 Å². The molecule has 12 heteroatoms. The molecule has 1 aliphatic carbocycles. The van der Waals surface area contributed by atoms with Gasteiger partial charge in [0.25, 0.3) is 0 Å². The summed E-state index contributed by atoms with van der Waals surface area (Å²) in [4.78, 5) is 19.4. The first-order chi connectivity index (χ1) is 33.8. The monoisotopic (exact) mass is 1040 g/mol. The molecule has 8 aromatic rings. The molecule has 0 amide bonds. The van der Waals surface area contributed by atoms with Gasteiger partial charge >= 0.3 is 0 Å². The number of rotatable bonds is 8. The molecule has 4 aromatic carbocycles. The number of hydrogen-bond acceptors (Lipinski definition) is 12. The van der Waals surface area contributed by atoms with Crippen molar-refractivity contribution in [1.82, 2.24) is 19.9 Å². The summed E-state index contributed by atoms with van der Waals surface area (Å²) in [7, 11) is 0. The molecule has 9 rings (SSSR count). The van der Waals surface area contributed by atoms with E-state index in [1.807, 2.05) is 24.6 Å². The van der Waals surface area contributed by atoms with Crippen molar-refractivity contribution in [3.63, 3.8) is 0 Å². The first-order valence-corrected chi connectivity index (χ1v) is 28.3. The number of aromatic nitrogens is 4. The van der Waals surface area contributed by atoms with Gasteiger partial charge in [-0.05, 0) is 102 Å². The zero-order valence-electron chi connectivity index (χ0n) is 44.3. The van der Waals surface area contributed by atoms with Crippen LogP contribution in [0, 0.1) is 13.8 Å². The van der Waals surface area contributed by atoms with Crippen molar-refractivity contribution in [1.29, 1.82) is 0 Å². The molecule has 0 atom stereocenters. The number of aromatic hydroxyl groups is 2. The third-order valence-corrected chi connectivity index (χ3v) is 17.4. The first kappa shape index (κ1) is 51.5. The molecule has 4 aromatic heterocycles. The number of thiazole rings is 4. The van der Waals surface area contributed by atoms with Crippen LogP contribution in [0.15, 0.2) is 70.1 Å². The summed E-state index contributed by atoms with van der Waals surface area (Å²) in [6.45, 7) is 31.3. The molecule has 0 unspecified atom stereocenters. The lowest BCUT2D eigenvalue weighted by Gasteiger charge is -2.28. The minimum atomic E-state index is -0.227. The zero-order valence-corrected chi connectivity index (χ0v) is 47.6. The second-order valence-corrected chi connectivity index (χ2v) is 27.1. The van der Waals surface area contributed by atoms with E-state index in [9.17, 15) is 10.2 Å². The van der Waals surface area contributed by atoms with Gasteiger partial charge in [-0.1, -0.05) is 132 Å². The van der Waals surface area contributed by atoms with Crippen molar-refractivity contribution < 1.29 is 19.7 Å². The fourth-order valence-corrected chi connectivity index (χ4v) is 12.5. The molecule has 0 aliphatic heterocycles. The molecule has 0 radical (unpaired) electrons. The fourth-order valence-electron chi connectivity index (χ4n) is 9.16. The average molecular weight is 1040 g/mol. The lowest BCUT2D eigenvalue weighted by atomic mass is 9.79. The van der Waals surface area contributed by atoms with Crippen molar-refractivity contribution in [2.75, 3.05) is 0 Å². The number of phenols is 2. The molecule has 0 saturated carbocycles. The van der Waals surface area contributed by atoms with E-state index in [4.69, 9.17) is 29.4 Å². The topological polar surface area (TPSA) is 110 Å². The van der Waals surface area contributed by atoms with E-state index in [0.717, 1.165) is 121 Å². The van der Waals surface area contributed by atoms with E-state index >= 15 is 0 Å². The minimum Gasteiger partial charge on any atom is -0.507 e. The highest BCUT2D eigenvalue weighted by Crippen LogP contribution is 2.44. The van der Waals surface area contributed by atoms with Crippen molar-refractivity contribution in [2.24, 2.45) is 0 Å². The first-order valence-electron chi connectivity index (χ1n) is 24.8. The molecule has 0 fully saturated rings. The molecule has 376 valence electrons. The maximum atomic E-state index is 12.8. The van der Waals surface area contributed by atoms with Crippen LogP contribution in [-0.2, 0) is 60.6 Å². The molecule has 8 nitrogen and oxygen atoms in total. The standard InChI is InChI=1S/C60H68N4O4S4/c1-33-29-69-53(61-33)55-63-47(31-71-55)27-67-51-39-15-35-19-43(57(3,4)5)21-37(49(35)65)17-41-25-46(60(12,13)14)26-42(52(41)68-28-48-32-72-56(64-48)54-62-34(2)30-70-54)18-38-22-44(58(6,7)8)20-36(50(38)66)16-40(51)24-45(23-39)59(9,10)11/h19-26,29-32,65-66H,15-18,27-28H2,1-14H3. The Labute approximate surface area is 442 Å². The Morgan fingerprint density at radius 2 is 0.639 bits per heavy atom. The molecule has 0 spiro atoms. The van der Waals surface area contributed by atoms with E-state index in [2.05, 4.69) is 142 Å². The molecule has 1 aliphatic rings. The van der Waals surface area contributed by atoms with Gasteiger partial charge in [0, 0.05) is 58.6 Å². The number of benzene rings is 4. The van der Waals surface area contributed by atoms with Crippen molar-refractivity contribution >= 4 is 45.3 Å². The highest BCUT2D eigenvalue weighted by Gasteiger charge is 2.29. The molecule has 0 saturated heterocycles. The summed E-state index contributed by atoms with van der Waals surface area (Å²) in [6.07, 6.45) is 1.65. The van der Waals surface area contributed by atoms with Gasteiger partial charge in [-0.3, -0.25) is 0 Å². The van der Waals surface area contributed by atoms with Gasteiger partial charge in [0.15, 0.2) is 20.0 Å². The van der Waals surface area contributed by atoms with Gasteiger partial charge in [-0.25, -0.2) is 19.9 Å². The van der Waals surface area contributed by atoms with Crippen LogP contribution in [-0.4, -0.2) is 30.1 Å². The Kier molecular flexibility index (Phi) is 13.9. The van der Waals surface area contributed by atoms with Crippen molar-refractivity contribution in [3.8, 4) is 43.0 Å². The second-order valence-electron chi connectivity index (χ2n) is 23.7. The lowest BCUT2D eigenvalue weighted by Crippen LogP contribution is -2.16. The summed E-state index contributed by atoms with van der Waals surface area (Å²) in [5.74, 6) is 2.01. The smallest absolute Gasteiger partial charge is 0.152 e. The second kappa shape index (κ2) is 19.5.